The third kappa shape index (κ3) is 2.05. The topological polar surface area (TPSA) is 63.4 Å². The van der Waals surface area contributed by atoms with Gasteiger partial charge in [-0.15, -0.1) is 0 Å². The van der Waals surface area contributed by atoms with E-state index in [0.717, 1.165) is 19.3 Å². The Morgan fingerprint density at radius 1 is 1.35 bits per heavy atom. The summed E-state index contributed by atoms with van der Waals surface area (Å²) in [7, 11) is -1.81. The Balaban J connectivity index is 2.44. The van der Waals surface area contributed by atoms with Gasteiger partial charge in [0.2, 0.25) is 10.0 Å². The zero-order valence-corrected chi connectivity index (χ0v) is 11.0. The van der Waals surface area contributed by atoms with Crippen LogP contribution in [0, 0.1) is 6.92 Å². The molecule has 1 saturated carbocycles. The number of nitrogen functional groups attached to an aromatic ring is 1. The average Bonchev–Trinajstić information content (AvgIpc) is 2.13. The first kappa shape index (κ1) is 12.4. The van der Waals surface area contributed by atoms with Gasteiger partial charge in [-0.05, 0) is 31.4 Å². The van der Waals surface area contributed by atoms with Crippen LogP contribution in [-0.2, 0) is 10.0 Å². The van der Waals surface area contributed by atoms with E-state index in [0.29, 0.717) is 11.3 Å². The largest absolute Gasteiger partial charge is 0.398 e. The Morgan fingerprint density at radius 2 is 2.00 bits per heavy atom. The van der Waals surface area contributed by atoms with Crippen molar-refractivity contribution in [3.05, 3.63) is 23.8 Å². The molecule has 2 N–H and O–H groups in total. The lowest BCUT2D eigenvalue weighted by Crippen LogP contribution is -2.41. The Bertz CT molecular complexity index is 501. The van der Waals surface area contributed by atoms with E-state index in [-0.39, 0.29) is 10.9 Å². The van der Waals surface area contributed by atoms with Crippen LogP contribution in [0.2, 0.25) is 0 Å². The van der Waals surface area contributed by atoms with Crippen LogP contribution in [0.1, 0.15) is 24.8 Å². The van der Waals surface area contributed by atoms with Gasteiger partial charge in [-0.25, -0.2) is 8.42 Å². The molecular formula is C12H18N2O2S. The van der Waals surface area contributed by atoms with Crippen molar-refractivity contribution < 1.29 is 8.42 Å². The molecule has 0 heterocycles. The molecule has 0 aliphatic heterocycles. The molecule has 0 atom stereocenters. The molecule has 1 aromatic rings. The molecule has 0 unspecified atom stereocenters. The van der Waals surface area contributed by atoms with E-state index >= 15 is 0 Å². The fourth-order valence-electron chi connectivity index (χ4n) is 2.12. The molecule has 0 radical (unpaired) electrons. The Hall–Kier alpha value is -1.07. The molecule has 1 aromatic carbocycles. The molecule has 2 rings (SSSR count). The highest BCUT2D eigenvalue weighted by atomic mass is 32.2. The molecule has 94 valence electrons. The van der Waals surface area contributed by atoms with Crippen molar-refractivity contribution in [3.8, 4) is 0 Å². The zero-order chi connectivity index (χ0) is 12.6. The summed E-state index contributed by atoms with van der Waals surface area (Å²) < 4.78 is 26.4. The van der Waals surface area contributed by atoms with Gasteiger partial charge in [-0.2, -0.15) is 4.31 Å². The SMILES string of the molecule is Cc1cccc(N)c1S(=O)(=O)N(C)C1CCC1. The predicted molar refractivity (Wildman–Crippen MR) is 68.2 cm³/mol. The number of aryl methyl sites for hydroxylation is 1. The zero-order valence-electron chi connectivity index (χ0n) is 10.2. The monoisotopic (exact) mass is 254 g/mol. The molecule has 0 spiro atoms. The lowest BCUT2D eigenvalue weighted by molar-refractivity contribution is 0.249. The number of anilines is 1. The average molecular weight is 254 g/mol. The molecule has 0 bridgehead atoms. The minimum absolute atomic E-state index is 0.138. The lowest BCUT2D eigenvalue weighted by Gasteiger charge is -2.34. The first-order valence-electron chi connectivity index (χ1n) is 5.77. The van der Waals surface area contributed by atoms with Crippen molar-refractivity contribution in [3.63, 3.8) is 0 Å². The third-order valence-electron chi connectivity index (χ3n) is 3.47. The van der Waals surface area contributed by atoms with Crippen LogP contribution in [0.3, 0.4) is 0 Å². The van der Waals surface area contributed by atoms with Crippen molar-refractivity contribution >= 4 is 15.7 Å². The van der Waals surface area contributed by atoms with E-state index in [4.69, 9.17) is 5.73 Å². The van der Waals surface area contributed by atoms with E-state index in [1.54, 1.807) is 32.2 Å². The van der Waals surface area contributed by atoms with Crippen LogP contribution in [0.4, 0.5) is 5.69 Å². The Labute approximate surface area is 102 Å². The van der Waals surface area contributed by atoms with Crippen molar-refractivity contribution in [1.82, 2.24) is 4.31 Å². The van der Waals surface area contributed by atoms with Crippen LogP contribution >= 0.6 is 0 Å². The molecule has 0 aromatic heterocycles. The summed E-state index contributed by atoms with van der Waals surface area (Å²) in [5.74, 6) is 0. The van der Waals surface area contributed by atoms with Gasteiger partial charge in [0.15, 0.2) is 0 Å². The van der Waals surface area contributed by atoms with Gasteiger partial charge in [0, 0.05) is 13.1 Å². The summed E-state index contributed by atoms with van der Waals surface area (Å²) in [6, 6.07) is 5.32. The number of benzene rings is 1. The summed E-state index contributed by atoms with van der Waals surface area (Å²) >= 11 is 0. The van der Waals surface area contributed by atoms with E-state index < -0.39 is 10.0 Å². The van der Waals surface area contributed by atoms with Gasteiger partial charge < -0.3 is 5.73 Å². The van der Waals surface area contributed by atoms with Crippen LogP contribution in [0.15, 0.2) is 23.1 Å². The highest BCUT2D eigenvalue weighted by Crippen LogP contribution is 2.31. The summed E-state index contributed by atoms with van der Waals surface area (Å²) in [5.41, 5.74) is 6.83. The molecular weight excluding hydrogens is 236 g/mol. The minimum Gasteiger partial charge on any atom is -0.398 e. The molecule has 0 saturated heterocycles. The number of nitrogens with zero attached hydrogens (tertiary/aromatic N) is 1. The first-order chi connectivity index (χ1) is 7.94. The summed E-state index contributed by atoms with van der Waals surface area (Å²) in [5, 5.41) is 0. The number of rotatable bonds is 3. The summed E-state index contributed by atoms with van der Waals surface area (Å²) in [6.45, 7) is 1.78. The second-order valence-electron chi connectivity index (χ2n) is 4.60. The molecule has 1 aliphatic rings. The fourth-order valence-corrected chi connectivity index (χ4v) is 3.85. The smallest absolute Gasteiger partial charge is 0.245 e. The predicted octanol–water partition coefficient (Wildman–Crippen LogP) is 1.75. The second kappa shape index (κ2) is 4.31. The molecule has 1 aliphatic carbocycles. The second-order valence-corrected chi connectivity index (χ2v) is 6.53. The maximum atomic E-state index is 12.5. The third-order valence-corrected chi connectivity index (χ3v) is 5.60. The minimum atomic E-state index is -3.45. The normalized spacial score (nSPS) is 17.1. The number of hydrogen-bond donors (Lipinski definition) is 1. The molecule has 4 nitrogen and oxygen atoms in total. The van der Waals surface area contributed by atoms with Crippen LogP contribution in [-0.4, -0.2) is 25.8 Å². The maximum Gasteiger partial charge on any atom is 0.245 e. The maximum absolute atomic E-state index is 12.5. The highest BCUT2D eigenvalue weighted by molar-refractivity contribution is 7.89. The van der Waals surface area contributed by atoms with Crippen LogP contribution in [0.5, 0.6) is 0 Å². The standard InChI is InChI=1S/C12H18N2O2S/c1-9-5-3-8-11(13)12(9)17(15,16)14(2)10-6-4-7-10/h3,5,8,10H,4,6-7,13H2,1-2H3. The first-order valence-corrected chi connectivity index (χ1v) is 7.21. The van der Waals surface area contributed by atoms with Gasteiger partial charge >= 0.3 is 0 Å². The van der Waals surface area contributed by atoms with Crippen molar-refractivity contribution in [2.75, 3.05) is 12.8 Å². The lowest BCUT2D eigenvalue weighted by atomic mass is 9.94. The van der Waals surface area contributed by atoms with E-state index in [9.17, 15) is 8.42 Å². The van der Waals surface area contributed by atoms with Crippen molar-refractivity contribution in [1.29, 1.82) is 0 Å². The van der Waals surface area contributed by atoms with E-state index in [1.807, 2.05) is 0 Å². The molecule has 17 heavy (non-hydrogen) atoms. The van der Waals surface area contributed by atoms with Crippen LogP contribution in [0.25, 0.3) is 0 Å². The Kier molecular flexibility index (Phi) is 3.14. The number of nitrogens with two attached hydrogens (primary N) is 1. The van der Waals surface area contributed by atoms with Gasteiger partial charge in [-0.1, -0.05) is 18.6 Å². The van der Waals surface area contributed by atoms with Crippen molar-refractivity contribution in [2.24, 2.45) is 0 Å². The number of hydrogen-bond acceptors (Lipinski definition) is 3. The Morgan fingerprint density at radius 3 is 2.47 bits per heavy atom. The summed E-state index contributed by atoms with van der Waals surface area (Å²) in [4.78, 5) is 0.259. The van der Waals surface area contributed by atoms with Crippen LogP contribution < -0.4 is 5.73 Å². The summed E-state index contributed by atoms with van der Waals surface area (Å²) in [6.07, 6.45) is 3.00. The molecule has 0 amide bonds. The van der Waals surface area contributed by atoms with Gasteiger partial charge in [0.1, 0.15) is 4.90 Å². The van der Waals surface area contributed by atoms with E-state index in [2.05, 4.69) is 0 Å². The van der Waals surface area contributed by atoms with Crippen molar-refractivity contribution in [2.45, 2.75) is 37.1 Å². The highest BCUT2D eigenvalue weighted by Gasteiger charge is 2.33. The quantitative estimate of drug-likeness (QED) is 0.836. The fraction of sp³-hybridized carbons (Fsp3) is 0.500. The number of sulfonamides is 1. The van der Waals surface area contributed by atoms with Gasteiger partial charge in [0.25, 0.3) is 0 Å². The van der Waals surface area contributed by atoms with E-state index in [1.165, 1.54) is 4.31 Å². The van der Waals surface area contributed by atoms with Gasteiger partial charge in [-0.3, -0.25) is 0 Å². The molecule has 5 heteroatoms. The van der Waals surface area contributed by atoms with Gasteiger partial charge in [0.05, 0.1) is 5.69 Å². The molecule has 1 fully saturated rings.